The summed E-state index contributed by atoms with van der Waals surface area (Å²) in [6, 6.07) is 4.04. The molecule has 4 heteroatoms. The van der Waals surface area contributed by atoms with Crippen molar-refractivity contribution in [2.75, 3.05) is 12.4 Å². The number of hydrogen-bond donors (Lipinski definition) is 1. The molecule has 3 nitrogen and oxygen atoms in total. The number of fused-ring (bicyclic) bond motifs is 1. The van der Waals surface area contributed by atoms with Gasteiger partial charge in [0.1, 0.15) is 0 Å². The fourth-order valence-electron chi connectivity index (χ4n) is 2.26. The molecule has 0 amide bonds. The third-order valence-corrected chi connectivity index (χ3v) is 3.95. The van der Waals surface area contributed by atoms with Gasteiger partial charge in [0, 0.05) is 30.2 Å². The van der Waals surface area contributed by atoms with Crippen LogP contribution >= 0.6 is 11.6 Å². The average molecular weight is 279 g/mol. The van der Waals surface area contributed by atoms with Gasteiger partial charge in [-0.05, 0) is 32.4 Å². The standard InChI is InChI=1S/C15H19ClN2O/c1-5-10(3)18-8-9(2)15(19)11-6-13(17-4)12(16)7-14(11)18/h6-8,10,17H,5H2,1-4H3. The maximum atomic E-state index is 12.3. The Morgan fingerprint density at radius 1 is 1.42 bits per heavy atom. The van der Waals surface area contributed by atoms with Crippen molar-refractivity contribution < 1.29 is 0 Å². The van der Waals surface area contributed by atoms with Crippen LogP contribution in [-0.2, 0) is 0 Å². The van der Waals surface area contributed by atoms with Crippen molar-refractivity contribution in [3.05, 3.63) is 39.1 Å². The van der Waals surface area contributed by atoms with Crippen molar-refractivity contribution in [1.82, 2.24) is 4.57 Å². The van der Waals surface area contributed by atoms with Crippen LogP contribution < -0.4 is 10.7 Å². The lowest BCUT2D eigenvalue weighted by atomic mass is 10.1. The van der Waals surface area contributed by atoms with E-state index in [4.69, 9.17) is 11.6 Å². The van der Waals surface area contributed by atoms with Crippen molar-refractivity contribution in [2.24, 2.45) is 0 Å². The van der Waals surface area contributed by atoms with E-state index in [0.717, 1.165) is 23.2 Å². The fourth-order valence-corrected chi connectivity index (χ4v) is 2.51. The molecule has 1 N–H and O–H groups in total. The first-order chi connectivity index (χ1) is 8.99. The highest BCUT2D eigenvalue weighted by Gasteiger charge is 2.12. The Morgan fingerprint density at radius 2 is 2.11 bits per heavy atom. The first-order valence-corrected chi connectivity index (χ1v) is 6.90. The van der Waals surface area contributed by atoms with Gasteiger partial charge in [0.15, 0.2) is 5.43 Å². The summed E-state index contributed by atoms with van der Waals surface area (Å²) in [5.41, 5.74) is 2.52. The second kappa shape index (κ2) is 5.25. The van der Waals surface area contributed by atoms with Crippen LogP contribution in [0, 0.1) is 6.92 Å². The first-order valence-electron chi connectivity index (χ1n) is 6.52. The van der Waals surface area contributed by atoms with E-state index in [1.165, 1.54) is 0 Å². The van der Waals surface area contributed by atoms with Gasteiger partial charge in [-0.15, -0.1) is 0 Å². The van der Waals surface area contributed by atoms with Crippen LogP contribution in [0.1, 0.15) is 31.9 Å². The molecule has 2 rings (SSSR count). The van der Waals surface area contributed by atoms with Gasteiger partial charge in [-0.2, -0.15) is 0 Å². The lowest BCUT2D eigenvalue weighted by molar-refractivity contribution is 0.543. The SMILES string of the molecule is CCC(C)n1cc(C)c(=O)c2cc(NC)c(Cl)cc21. The summed E-state index contributed by atoms with van der Waals surface area (Å²) in [7, 11) is 1.80. The molecule has 0 radical (unpaired) electrons. The van der Waals surface area contributed by atoms with Crippen LogP contribution in [0.5, 0.6) is 0 Å². The van der Waals surface area contributed by atoms with E-state index in [-0.39, 0.29) is 5.43 Å². The smallest absolute Gasteiger partial charge is 0.192 e. The second-order valence-corrected chi connectivity index (χ2v) is 5.31. The molecule has 1 atom stereocenters. The lowest BCUT2D eigenvalue weighted by Gasteiger charge is -2.19. The quantitative estimate of drug-likeness (QED) is 0.921. The largest absolute Gasteiger partial charge is 0.387 e. The number of pyridine rings is 1. The molecule has 1 aromatic carbocycles. The molecular weight excluding hydrogens is 260 g/mol. The van der Waals surface area contributed by atoms with E-state index < -0.39 is 0 Å². The molecule has 0 saturated heterocycles. The summed E-state index contributed by atoms with van der Waals surface area (Å²) in [5.74, 6) is 0. The molecule has 1 heterocycles. The highest BCUT2D eigenvalue weighted by Crippen LogP contribution is 2.28. The third kappa shape index (κ3) is 2.35. The molecule has 0 fully saturated rings. The van der Waals surface area contributed by atoms with Crippen LogP contribution in [0.15, 0.2) is 23.1 Å². The average Bonchev–Trinajstić information content (AvgIpc) is 2.41. The van der Waals surface area contributed by atoms with Crippen molar-refractivity contribution in [3.8, 4) is 0 Å². The number of halogens is 1. The fraction of sp³-hybridized carbons (Fsp3) is 0.400. The van der Waals surface area contributed by atoms with Gasteiger partial charge >= 0.3 is 0 Å². The first kappa shape index (κ1) is 13.9. The number of aromatic nitrogens is 1. The molecule has 0 bridgehead atoms. The Morgan fingerprint density at radius 3 is 2.68 bits per heavy atom. The van der Waals surface area contributed by atoms with Gasteiger partial charge in [0.05, 0.1) is 16.2 Å². The molecule has 0 aliphatic heterocycles. The maximum Gasteiger partial charge on any atom is 0.192 e. The van der Waals surface area contributed by atoms with Crippen LogP contribution in [0.2, 0.25) is 5.02 Å². The summed E-state index contributed by atoms with van der Waals surface area (Å²) in [6.07, 6.45) is 2.93. The molecule has 0 aliphatic carbocycles. The summed E-state index contributed by atoms with van der Waals surface area (Å²) >= 11 is 6.24. The van der Waals surface area contributed by atoms with Crippen molar-refractivity contribution in [2.45, 2.75) is 33.2 Å². The number of hydrogen-bond acceptors (Lipinski definition) is 2. The predicted octanol–water partition coefficient (Wildman–Crippen LogP) is 3.98. The van der Waals surface area contributed by atoms with Gasteiger partial charge in [-0.3, -0.25) is 4.79 Å². The van der Waals surface area contributed by atoms with E-state index in [1.54, 1.807) is 7.05 Å². The minimum Gasteiger partial charge on any atom is -0.387 e. The zero-order valence-corrected chi connectivity index (χ0v) is 12.5. The predicted molar refractivity (Wildman–Crippen MR) is 82.5 cm³/mol. The molecule has 0 saturated carbocycles. The van der Waals surface area contributed by atoms with Crippen molar-refractivity contribution >= 4 is 28.2 Å². The highest BCUT2D eigenvalue weighted by atomic mass is 35.5. The van der Waals surface area contributed by atoms with Gasteiger partial charge in [0.25, 0.3) is 0 Å². The molecule has 0 aliphatic rings. The van der Waals surface area contributed by atoms with Gasteiger partial charge in [-0.25, -0.2) is 0 Å². The van der Waals surface area contributed by atoms with Crippen LogP contribution in [-0.4, -0.2) is 11.6 Å². The minimum absolute atomic E-state index is 0.0720. The number of anilines is 1. The molecule has 1 aromatic heterocycles. The molecule has 19 heavy (non-hydrogen) atoms. The van der Waals surface area contributed by atoms with Gasteiger partial charge < -0.3 is 9.88 Å². The summed E-state index contributed by atoms with van der Waals surface area (Å²) in [5, 5.41) is 4.37. The van der Waals surface area contributed by atoms with Gasteiger partial charge in [0.2, 0.25) is 0 Å². The Hall–Kier alpha value is -1.48. The van der Waals surface area contributed by atoms with E-state index in [9.17, 15) is 4.79 Å². The molecule has 0 spiro atoms. The van der Waals surface area contributed by atoms with Crippen LogP contribution in [0.3, 0.4) is 0 Å². The zero-order valence-electron chi connectivity index (χ0n) is 11.7. The monoisotopic (exact) mass is 278 g/mol. The number of aryl methyl sites for hydroxylation is 1. The topological polar surface area (TPSA) is 34.0 Å². The Balaban J connectivity index is 2.89. The van der Waals surface area contributed by atoms with E-state index >= 15 is 0 Å². The summed E-state index contributed by atoms with van der Waals surface area (Å²) in [4.78, 5) is 12.3. The minimum atomic E-state index is 0.0720. The van der Waals surface area contributed by atoms with E-state index in [0.29, 0.717) is 16.5 Å². The Bertz CT molecular complexity index is 676. The third-order valence-electron chi connectivity index (χ3n) is 3.63. The zero-order chi connectivity index (χ0) is 14.2. The number of benzene rings is 1. The summed E-state index contributed by atoms with van der Waals surface area (Å²) < 4.78 is 2.14. The lowest BCUT2D eigenvalue weighted by Crippen LogP contribution is -2.15. The number of nitrogens with one attached hydrogen (secondary N) is 1. The van der Waals surface area contributed by atoms with E-state index in [1.807, 2.05) is 25.3 Å². The van der Waals surface area contributed by atoms with Crippen molar-refractivity contribution in [1.29, 1.82) is 0 Å². The molecule has 2 aromatic rings. The second-order valence-electron chi connectivity index (χ2n) is 4.90. The Kier molecular flexibility index (Phi) is 3.85. The van der Waals surface area contributed by atoms with Crippen LogP contribution in [0.4, 0.5) is 5.69 Å². The number of nitrogens with zero attached hydrogens (tertiary/aromatic N) is 1. The molecule has 1 unspecified atom stereocenters. The van der Waals surface area contributed by atoms with Gasteiger partial charge in [-0.1, -0.05) is 18.5 Å². The molecule has 102 valence electrons. The highest BCUT2D eigenvalue weighted by molar-refractivity contribution is 6.34. The summed E-state index contributed by atoms with van der Waals surface area (Å²) in [6.45, 7) is 6.13. The maximum absolute atomic E-state index is 12.3. The Labute approximate surface area is 118 Å². The van der Waals surface area contributed by atoms with Crippen molar-refractivity contribution in [3.63, 3.8) is 0 Å². The van der Waals surface area contributed by atoms with Crippen LogP contribution in [0.25, 0.3) is 10.9 Å². The normalized spacial score (nSPS) is 12.7. The number of rotatable bonds is 3. The molecular formula is C15H19ClN2O. The van der Waals surface area contributed by atoms with E-state index in [2.05, 4.69) is 23.7 Å².